The van der Waals surface area contributed by atoms with Crippen LogP contribution in [-0.4, -0.2) is 40.5 Å². The highest BCUT2D eigenvalue weighted by Gasteiger charge is 2.09. The number of aryl methyl sites for hydroxylation is 2. The Bertz CT molecular complexity index is 348. The third-order valence-corrected chi connectivity index (χ3v) is 3.92. The van der Waals surface area contributed by atoms with Crippen LogP contribution in [0.5, 0.6) is 0 Å². The van der Waals surface area contributed by atoms with Crippen LogP contribution in [0.4, 0.5) is 0 Å². The van der Waals surface area contributed by atoms with Gasteiger partial charge in [0, 0.05) is 29.8 Å². The van der Waals surface area contributed by atoms with Gasteiger partial charge in [-0.05, 0) is 39.8 Å². The summed E-state index contributed by atoms with van der Waals surface area (Å²) in [6, 6.07) is 0.301. The van der Waals surface area contributed by atoms with E-state index in [4.69, 9.17) is 5.11 Å². The van der Waals surface area contributed by atoms with Gasteiger partial charge < -0.3 is 10.4 Å². The zero-order valence-corrected chi connectivity index (χ0v) is 11.8. The first-order valence-electron chi connectivity index (χ1n) is 5.81. The van der Waals surface area contributed by atoms with Gasteiger partial charge in [0.2, 0.25) is 0 Å². The topological polar surface area (TPSA) is 58.0 Å². The van der Waals surface area contributed by atoms with Gasteiger partial charge in [-0.25, -0.2) is 9.97 Å². The summed E-state index contributed by atoms with van der Waals surface area (Å²) in [7, 11) is 1.91. The summed E-state index contributed by atoms with van der Waals surface area (Å²) in [6.07, 6.45) is 0.757. The minimum Gasteiger partial charge on any atom is -0.396 e. The smallest absolute Gasteiger partial charge is 0.188 e. The van der Waals surface area contributed by atoms with Crippen molar-refractivity contribution in [2.45, 2.75) is 38.4 Å². The maximum absolute atomic E-state index is 8.91. The molecule has 1 atom stereocenters. The number of aromatic nitrogens is 2. The molecule has 1 heterocycles. The second-order valence-electron chi connectivity index (χ2n) is 4.11. The number of rotatable bonds is 6. The van der Waals surface area contributed by atoms with Crippen molar-refractivity contribution in [1.29, 1.82) is 0 Å². The number of hydrogen-bond acceptors (Lipinski definition) is 5. The second kappa shape index (κ2) is 6.93. The fourth-order valence-corrected chi connectivity index (χ4v) is 2.53. The monoisotopic (exact) mass is 255 g/mol. The lowest BCUT2D eigenvalue weighted by Crippen LogP contribution is -2.28. The molecule has 0 aliphatic carbocycles. The summed E-state index contributed by atoms with van der Waals surface area (Å²) in [5.74, 6) is 0.874. The quantitative estimate of drug-likeness (QED) is 0.595. The van der Waals surface area contributed by atoms with E-state index >= 15 is 0 Å². The highest BCUT2D eigenvalue weighted by molar-refractivity contribution is 7.99. The first kappa shape index (κ1) is 14.4. The van der Waals surface area contributed by atoms with Crippen LogP contribution >= 0.6 is 11.8 Å². The van der Waals surface area contributed by atoms with Crippen molar-refractivity contribution in [2.75, 3.05) is 19.4 Å². The summed E-state index contributed by atoms with van der Waals surface area (Å²) >= 11 is 1.63. The summed E-state index contributed by atoms with van der Waals surface area (Å²) < 4.78 is 0. The molecule has 0 aliphatic rings. The molecular formula is C12H21N3OS. The van der Waals surface area contributed by atoms with Crippen LogP contribution < -0.4 is 5.32 Å². The second-order valence-corrected chi connectivity index (χ2v) is 5.10. The maximum Gasteiger partial charge on any atom is 0.188 e. The van der Waals surface area contributed by atoms with Gasteiger partial charge in [-0.1, -0.05) is 11.8 Å². The average Bonchev–Trinajstić information content (AvgIpc) is 2.31. The first-order valence-corrected chi connectivity index (χ1v) is 6.79. The van der Waals surface area contributed by atoms with Crippen molar-refractivity contribution in [3.63, 3.8) is 0 Å². The molecule has 0 bridgehead atoms. The molecule has 0 fully saturated rings. The van der Waals surface area contributed by atoms with E-state index in [0.717, 1.165) is 34.3 Å². The van der Waals surface area contributed by atoms with Gasteiger partial charge in [-0.3, -0.25) is 0 Å². The van der Waals surface area contributed by atoms with E-state index in [1.807, 2.05) is 27.8 Å². The van der Waals surface area contributed by atoms with Gasteiger partial charge >= 0.3 is 0 Å². The molecule has 0 aromatic carbocycles. The molecule has 5 heteroatoms. The number of nitrogens with zero attached hydrogens (tertiary/aromatic N) is 2. The molecule has 4 nitrogen and oxygen atoms in total. The Hall–Kier alpha value is -0.650. The molecule has 1 aromatic heterocycles. The van der Waals surface area contributed by atoms with E-state index in [1.54, 1.807) is 11.8 Å². The highest BCUT2D eigenvalue weighted by atomic mass is 32.2. The van der Waals surface area contributed by atoms with Crippen molar-refractivity contribution < 1.29 is 5.11 Å². The van der Waals surface area contributed by atoms with Gasteiger partial charge in [0.25, 0.3) is 0 Å². The number of aliphatic hydroxyl groups is 1. The van der Waals surface area contributed by atoms with Gasteiger partial charge in [0.1, 0.15) is 0 Å². The number of aliphatic hydroxyl groups excluding tert-OH is 1. The molecule has 0 saturated carbocycles. The number of thioether (sulfide) groups is 1. The SMILES string of the molecule is CNC(CCO)CSc1nc(C)c(C)c(C)n1. The molecule has 2 N–H and O–H groups in total. The van der Waals surface area contributed by atoms with E-state index in [2.05, 4.69) is 15.3 Å². The number of nitrogens with one attached hydrogen (secondary N) is 1. The summed E-state index contributed by atoms with van der Waals surface area (Å²) in [5, 5.41) is 12.9. The van der Waals surface area contributed by atoms with Crippen molar-refractivity contribution >= 4 is 11.8 Å². The Morgan fingerprint density at radius 3 is 2.29 bits per heavy atom. The summed E-state index contributed by atoms with van der Waals surface area (Å²) in [5.41, 5.74) is 3.25. The van der Waals surface area contributed by atoms with E-state index < -0.39 is 0 Å². The summed E-state index contributed by atoms with van der Waals surface area (Å²) in [6.45, 7) is 6.27. The van der Waals surface area contributed by atoms with Gasteiger partial charge in [-0.2, -0.15) is 0 Å². The third-order valence-electron chi connectivity index (χ3n) is 2.91. The van der Waals surface area contributed by atoms with E-state index in [1.165, 1.54) is 0 Å². The van der Waals surface area contributed by atoms with Gasteiger partial charge in [0.05, 0.1) is 0 Å². The minimum absolute atomic E-state index is 0.207. The van der Waals surface area contributed by atoms with Crippen LogP contribution in [-0.2, 0) is 0 Å². The number of hydrogen-bond donors (Lipinski definition) is 2. The lowest BCUT2D eigenvalue weighted by molar-refractivity contribution is 0.273. The Morgan fingerprint density at radius 2 is 1.82 bits per heavy atom. The molecule has 96 valence electrons. The Morgan fingerprint density at radius 1 is 1.24 bits per heavy atom. The molecule has 0 saturated heterocycles. The van der Waals surface area contributed by atoms with Crippen molar-refractivity contribution in [3.05, 3.63) is 17.0 Å². The van der Waals surface area contributed by atoms with E-state index in [9.17, 15) is 0 Å². The normalized spacial score (nSPS) is 12.8. The zero-order chi connectivity index (χ0) is 12.8. The van der Waals surface area contributed by atoms with Gasteiger partial charge in [-0.15, -0.1) is 0 Å². The minimum atomic E-state index is 0.207. The Labute approximate surface area is 107 Å². The molecule has 1 rings (SSSR count). The molecular weight excluding hydrogens is 234 g/mol. The van der Waals surface area contributed by atoms with Gasteiger partial charge in [0.15, 0.2) is 5.16 Å². The Kier molecular flexibility index (Phi) is 5.88. The van der Waals surface area contributed by atoms with E-state index in [-0.39, 0.29) is 6.61 Å². The molecule has 0 aliphatic heterocycles. The van der Waals surface area contributed by atoms with Crippen LogP contribution in [0.2, 0.25) is 0 Å². The van der Waals surface area contributed by atoms with Crippen LogP contribution in [0.25, 0.3) is 0 Å². The predicted molar refractivity (Wildman–Crippen MR) is 71.5 cm³/mol. The molecule has 0 radical (unpaired) electrons. The molecule has 17 heavy (non-hydrogen) atoms. The van der Waals surface area contributed by atoms with Crippen molar-refractivity contribution in [1.82, 2.24) is 15.3 Å². The average molecular weight is 255 g/mol. The molecule has 0 spiro atoms. The fraction of sp³-hybridized carbons (Fsp3) is 0.667. The first-order chi connectivity index (χ1) is 8.08. The zero-order valence-electron chi connectivity index (χ0n) is 10.9. The third kappa shape index (κ3) is 4.26. The standard InChI is InChI=1S/C12H21N3OS/c1-8-9(2)14-12(15-10(8)3)17-7-11(13-4)5-6-16/h11,13,16H,5-7H2,1-4H3. The van der Waals surface area contributed by atoms with Crippen LogP contribution in [0.15, 0.2) is 5.16 Å². The molecule has 1 unspecified atom stereocenters. The lowest BCUT2D eigenvalue weighted by Gasteiger charge is -2.14. The highest BCUT2D eigenvalue weighted by Crippen LogP contribution is 2.18. The van der Waals surface area contributed by atoms with Crippen LogP contribution in [0, 0.1) is 20.8 Å². The molecule has 1 aromatic rings. The largest absolute Gasteiger partial charge is 0.396 e. The Balaban J connectivity index is 2.63. The van der Waals surface area contributed by atoms with Crippen molar-refractivity contribution in [3.8, 4) is 0 Å². The van der Waals surface area contributed by atoms with Crippen molar-refractivity contribution in [2.24, 2.45) is 0 Å². The fourth-order valence-electron chi connectivity index (χ4n) is 1.45. The van der Waals surface area contributed by atoms with E-state index in [0.29, 0.717) is 6.04 Å². The lowest BCUT2D eigenvalue weighted by atomic mass is 10.2. The van der Waals surface area contributed by atoms with Crippen LogP contribution in [0.1, 0.15) is 23.4 Å². The summed E-state index contributed by atoms with van der Waals surface area (Å²) in [4.78, 5) is 8.92. The molecule has 0 amide bonds. The maximum atomic E-state index is 8.91. The predicted octanol–water partition coefficient (Wildman–Crippen LogP) is 1.46. The van der Waals surface area contributed by atoms with Crippen LogP contribution in [0.3, 0.4) is 0 Å².